The topological polar surface area (TPSA) is 42.7 Å². The molecule has 4 fully saturated rings. The molecule has 1 aromatic heterocycles. The Balaban J connectivity index is 1.74. The van der Waals surface area contributed by atoms with Crippen LogP contribution in [0.4, 0.5) is 0 Å². The Morgan fingerprint density at radius 2 is 1.75 bits per heavy atom. The maximum absolute atomic E-state index is 4.20. The van der Waals surface area contributed by atoms with Crippen LogP contribution < -0.4 is 5.32 Å². The van der Waals surface area contributed by atoms with E-state index in [-0.39, 0.29) is 0 Å². The summed E-state index contributed by atoms with van der Waals surface area (Å²) in [6, 6.07) is 0.380. The number of halogens is 1. The molecule has 0 aliphatic heterocycles. The molecular weight excluding hydrogens is 316 g/mol. The first-order valence-corrected chi connectivity index (χ1v) is 8.63. The maximum Gasteiger partial charge on any atom is 0.153 e. The van der Waals surface area contributed by atoms with Crippen molar-refractivity contribution in [1.29, 1.82) is 0 Å². The summed E-state index contributed by atoms with van der Waals surface area (Å²) < 4.78 is 2.86. The van der Waals surface area contributed by atoms with E-state index in [2.05, 4.69) is 38.6 Å². The van der Waals surface area contributed by atoms with Crippen LogP contribution in [0.15, 0.2) is 4.60 Å². The molecule has 1 N–H and O–H groups in total. The van der Waals surface area contributed by atoms with Gasteiger partial charge in [-0.2, -0.15) is 0 Å². The van der Waals surface area contributed by atoms with Gasteiger partial charge < -0.3 is 5.32 Å². The Bertz CT molecular complexity index is 469. The Hall–Kier alpha value is -0.420. The van der Waals surface area contributed by atoms with Crippen molar-refractivity contribution < 1.29 is 0 Å². The van der Waals surface area contributed by atoms with Crippen molar-refractivity contribution in [3.63, 3.8) is 0 Å². The van der Waals surface area contributed by atoms with Crippen molar-refractivity contribution >= 4 is 15.9 Å². The predicted molar refractivity (Wildman–Crippen MR) is 81.1 cm³/mol. The summed E-state index contributed by atoms with van der Waals surface area (Å²) >= 11 is 3.60. The molecule has 5 heteroatoms. The first-order chi connectivity index (χ1) is 9.61. The number of rotatable bonds is 3. The zero-order valence-corrected chi connectivity index (χ0v) is 13.9. The van der Waals surface area contributed by atoms with E-state index in [1.165, 1.54) is 44.2 Å². The van der Waals surface area contributed by atoms with Gasteiger partial charge >= 0.3 is 0 Å². The van der Waals surface area contributed by atoms with Gasteiger partial charge in [0.15, 0.2) is 4.60 Å². The molecule has 5 rings (SSSR count). The monoisotopic (exact) mass is 338 g/mol. The first kappa shape index (κ1) is 13.3. The lowest BCUT2D eigenvalue weighted by atomic mass is 9.47. The van der Waals surface area contributed by atoms with E-state index in [9.17, 15) is 0 Å². The van der Waals surface area contributed by atoms with Gasteiger partial charge in [0.2, 0.25) is 0 Å². The first-order valence-electron chi connectivity index (χ1n) is 7.83. The van der Waals surface area contributed by atoms with E-state index in [0.29, 0.717) is 11.5 Å². The van der Waals surface area contributed by atoms with E-state index in [4.69, 9.17) is 0 Å². The molecule has 0 radical (unpaired) electrons. The summed E-state index contributed by atoms with van der Waals surface area (Å²) in [7, 11) is 4.11. The molecule has 20 heavy (non-hydrogen) atoms. The van der Waals surface area contributed by atoms with Crippen molar-refractivity contribution in [2.45, 2.75) is 44.6 Å². The lowest BCUT2D eigenvalue weighted by Crippen LogP contribution is -2.51. The molecule has 0 aromatic carbocycles. The Kier molecular flexibility index (Phi) is 3.01. The van der Waals surface area contributed by atoms with Crippen LogP contribution in [0, 0.1) is 23.2 Å². The van der Waals surface area contributed by atoms with Crippen molar-refractivity contribution in [2.24, 2.45) is 30.2 Å². The second kappa shape index (κ2) is 4.54. The third-order valence-electron chi connectivity index (χ3n) is 6.09. The second-order valence-corrected chi connectivity index (χ2v) is 8.14. The van der Waals surface area contributed by atoms with Crippen LogP contribution in [0.3, 0.4) is 0 Å². The van der Waals surface area contributed by atoms with Gasteiger partial charge in [-0.05, 0) is 84.7 Å². The summed E-state index contributed by atoms with van der Waals surface area (Å²) in [4.78, 5) is 0. The Morgan fingerprint density at radius 3 is 2.15 bits per heavy atom. The van der Waals surface area contributed by atoms with E-state index in [0.717, 1.165) is 22.4 Å². The maximum atomic E-state index is 4.20. The lowest BCUT2D eigenvalue weighted by molar-refractivity contribution is -0.0750. The molecule has 4 saturated carbocycles. The number of nitrogens with zero attached hydrogens (tertiary/aromatic N) is 3. The van der Waals surface area contributed by atoms with Crippen molar-refractivity contribution in [3.05, 3.63) is 10.3 Å². The summed E-state index contributed by atoms with van der Waals surface area (Å²) in [5, 5.41) is 12.0. The van der Waals surface area contributed by atoms with E-state index in [1.54, 1.807) is 0 Å². The van der Waals surface area contributed by atoms with Gasteiger partial charge in [0.25, 0.3) is 0 Å². The molecular formula is C15H23BrN4. The van der Waals surface area contributed by atoms with Crippen LogP contribution in [-0.2, 0) is 7.05 Å². The van der Waals surface area contributed by atoms with Gasteiger partial charge in [-0.15, -0.1) is 5.10 Å². The quantitative estimate of drug-likeness (QED) is 0.920. The third-order valence-corrected chi connectivity index (χ3v) is 6.65. The van der Waals surface area contributed by atoms with Gasteiger partial charge in [0.05, 0.1) is 11.7 Å². The minimum absolute atomic E-state index is 0.380. The number of hydrogen-bond donors (Lipinski definition) is 1. The average molecular weight is 339 g/mol. The standard InChI is InChI=1S/C15H23BrN4/c1-17-13(12-14(16)18-19-20(12)2)15-6-9-3-10(7-15)5-11(4-9)8-15/h9-11,13,17H,3-8H2,1-2H3. The summed E-state index contributed by atoms with van der Waals surface area (Å²) in [6.45, 7) is 0. The Morgan fingerprint density at radius 1 is 1.20 bits per heavy atom. The molecule has 1 heterocycles. The smallest absolute Gasteiger partial charge is 0.153 e. The number of aryl methyl sites for hydroxylation is 1. The Labute approximate surface area is 128 Å². The van der Waals surface area contributed by atoms with Crippen LogP contribution in [0.25, 0.3) is 0 Å². The molecule has 4 bridgehead atoms. The normalized spacial score (nSPS) is 40.2. The van der Waals surface area contributed by atoms with E-state index >= 15 is 0 Å². The minimum atomic E-state index is 0.380. The highest BCUT2D eigenvalue weighted by atomic mass is 79.9. The lowest BCUT2D eigenvalue weighted by Gasteiger charge is -2.59. The summed E-state index contributed by atoms with van der Waals surface area (Å²) in [6.07, 6.45) is 8.63. The zero-order chi connectivity index (χ0) is 13.9. The summed E-state index contributed by atoms with van der Waals surface area (Å²) in [5.41, 5.74) is 1.66. The molecule has 0 spiro atoms. The van der Waals surface area contributed by atoms with Crippen LogP contribution in [0.2, 0.25) is 0 Å². The molecule has 1 aromatic rings. The van der Waals surface area contributed by atoms with Crippen LogP contribution in [-0.4, -0.2) is 22.0 Å². The minimum Gasteiger partial charge on any atom is -0.311 e. The molecule has 0 amide bonds. The molecule has 0 saturated heterocycles. The van der Waals surface area contributed by atoms with Crippen LogP contribution in [0.1, 0.15) is 50.3 Å². The predicted octanol–water partition coefficient (Wildman–Crippen LogP) is 3.05. The largest absolute Gasteiger partial charge is 0.311 e. The van der Waals surface area contributed by atoms with Crippen molar-refractivity contribution in [2.75, 3.05) is 7.05 Å². The second-order valence-electron chi connectivity index (χ2n) is 7.39. The summed E-state index contributed by atoms with van der Waals surface area (Å²) in [5.74, 6) is 2.91. The fraction of sp³-hybridized carbons (Fsp3) is 0.867. The number of hydrogen-bond acceptors (Lipinski definition) is 3. The van der Waals surface area contributed by atoms with E-state index in [1.807, 2.05) is 11.7 Å². The van der Waals surface area contributed by atoms with Gasteiger partial charge in [-0.1, -0.05) is 5.21 Å². The third kappa shape index (κ3) is 1.82. The molecule has 4 aliphatic carbocycles. The molecule has 4 aliphatic rings. The molecule has 4 nitrogen and oxygen atoms in total. The highest BCUT2D eigenvalue weighted by molar-refractivity contribution is 9.10. The average Bonchev–Trinajstić information content (AvgIpc) is 2.70. The number of nitrogens with one attached hydrogen (secondary N) is 1. The SMILES string of the molecule is CNC(c1c(Br)nnn1C)C12CC3CC(CC(C3)C1)C2. The molecule has 1 unspecified atom stereocenters. The molecule has 110 valence electrons. The van der Waals surface area contributed by atoms with Gasteiger partial charge in [0.1, 0.15) is 0 Å². The van der Waals surface area contributed by atoms with Crippen LogP contribution in [0.5, 0.6) is 0 Å². The van der Waals surface area contributed by atoms with Gasteiger partial charge in [-0.3, -0.25) is 0 Å². The van der Waals surface area contributed by atoms with Crippen molar-refractivity contribution in [3.8, 4) is 0 Å². The van der Waals surface area contributed by atoms with Gasteiger partial charge in [0, 0.05) is 7.05 Å². The van der Waals surface area contributed by atoms with Crippen molar-refractivity contribution in [1.82, 2.24) is 20.3 Å². The van der Waals surface area contributed by atoms with Gasteiger partial charge in [-0.25, -0.2) is 4.68 Å². The molecule has 1 atom stereocenters. The highest BCUT2D eigenvalue weighted by Gasteiger charge is 2.55. The highest BCUT2D eigenvalue weighted by Crippen LogP contribution is 2.64. The number of aromatic nitrogens is 3. The fourth-order valence-corrected chi connectivity index (χ4v) is 6.47. The fourth-order valence-electron chi connectivity index (χ4n) is 5.91. The zero-order valence-electron chi connectivity index (χ0n) is 12.3. The van der Waals surface area contributed by atoms with E-state index < -0.39 is 0 Å². The van der Waals surface area contributed by atoms with Crippen LogP contribution >= 0.6 is 15.9 Å².